The van der Waals surface area contributed by atoms with Crippen LogP contribution in [0.5, 0.6) is 0 Å². The van der Waals surface area contributed by atoms with Gasteiger partial charge in [0, 0.05) is 12.8 Å². The minimum atomic E-state index is -0.777. The Morgan fingerprint density at radius 1 is 1.21 bits per heavy atom. The first-order valence-electron chi connectivity index (χ1n) is 5.76. The van der Waals surface area contributed by atoms with E-state index in [0.29, 0.717) is 12.8 Å². The Hall–Kier alpha value is -0.370. The lowest BCUT2D eigenvalue weighted by atomic mass is 9.92. The number of rotatable bonds is 8. The molecule has 0 aromatic heterocycles. The van der Waals surface area contributed by atoms with Crippen LogP contribution in [0.15, 0.2) is 0 Å². The van der Waals surface area contributed by atoms with Gasteiger partial charge in [-0.3, -0.25) is 4.79 Å². The molecule has 0 bridgehead atoms. The molecule has 2 nitrogen and oxygen atoms in total. The molecular formula is C12H24O2. The third-order valence-corrected chi connectivity index (χ3v) is 2.46. The van der Waals surface area contributed by atoms with Crippen LogP contribution in [0.2, 0.25) is 0 Å². The van der Waals surface area contributed by atoms with Crippen molar-refractivity contribution in [2.75, 3.05) is 0 Å². The minimum absolute atomic E-state index is 0.202. The van der Waals surface area contributed by atoms with Crippen LogP contribution in [0.25, 0.3) is 0 Å². The average Bonchev–Trinajstić information content (AvgIpc) is 2.11. The number of ketones is 1. The molecule has 1 unspecified atom stereocenters. The van der Waals surface area contributed by atoms with Crippen molar-refractivity contribution in [3.8, 4) is 0 Å². The number of aliphatic hydroxyl groups is 1. The summed E-state index contributed by atoms with van der Waals surface area (Å²) in [6, 6.07) is 0. The van der Waals surface area contributed by atoms with Crippen molar-refractivity contribution in [3.05, 3.63) is 0 Å². The smallest absolute Gasteiger partial charge is 0.135 e. The fourth-order valence-corrected chi connectivity index (χ4v) is 1.53. The highest BCUT2D eigenvalue weighted by molar-refractivity contribution is 5.79. The van der Waals surface area contributed by atoms with Crippen molar-refractivity contribution in [1.29, 1.82) is 0 Å². The van der Waals surface area contributed by atoms with Crippen molar-refractivity contribution in [2.24, 2.45) is 0 Å². The van der Waals surface area contributed by atoms with E-state index in [9.17, 15) is 9.90 Å². The van der Waals surface area contributed by atoms with Gasteiger partial charge in [0.1, 0.15) is 5.78 Å². The minimum Gasteiger partial charge on any atom is -0.390 e. The fraction of sp³-hybridized carbons (Fsp3) is 0.917. The van der Waals surface area contributed by atoms with Crippen LogP contribution in [-0.2, 0) is 4.79 Å². The van der Waals surface area contributed by atoms with Crippen LogP contribution in [0.1, 0.15) is 65.7 Å². The van der Waals surface area contributed by atoms with Gasteiger partial charge in [0.2, 0.25) is 0 Å². The molecule has 0 aromatic rings. The van der Waals surface area contributed by atoms with E-state index in [1.54, 1.807) is 6.92 Å². The molecule has 0 aliphatic heterocycles. The van der Waals surface area contributed by atoms with Gasteiger partial charge in [-0.2, -0.15) is 0 Å². The van der Waals surface area contributed by atoms with Crippen molar-refractivity contribution < 1.29 is 9.90 Å². The highest BCUT2D eigenvalue weighted by Gasteiger charge is 2.22. The van der Waals surface area contributed by atoms with Crippen LogP contribution in [0, 0.1) is 0 Å². The van der Waals surface area contributed by atoms with Crippen molar-refractivity contribution in [1.82, 2.24) is 0 Å². The molecule has 0 aromatic carbocycles. The summed E-state index contributed by atoms with van der Waals surface area (Å²) >= 11 is 0. The summed E-state index contributed by atoms with van der Waals surface area (Å²) in [5.41, 5.74) is -0.777. The number of Topliss-reactive ketones (excluding diaryl/α,β-unsaturated/α-hetero) is 1. The van der Waals surface area contributed by atoms with Crippen molar-refractivity contribution in [3.63, 3.8) is 0 Å². The molecule has 1 N–H and O–H groups in total. The molecule has 0 rings (SSSR count). The number of carbonyl (C=O) groups excluding carboxylic acids is 1. The Bertz CT molecular complexity index is 162. The standard InChI is InChI=1S/C12H24O2/c1-4-6-8-11(13)10-12(3,14)9-7-5-2/h14H,4-10H2,1-3H3. The lowest BCUT2D eigenvalue weighted by Crippen LogP contribution is -2.27. The lowest BCUT2D eigenvalue weighted by molar-refractivity contribution is -0.123. The van der Waals surface area contributed by atoms with Crippen LogP contribution >= 0.6 is 0 Å². The van der Waals surface area contributed by atoms with E-state index in [0.717, 1.165) is 32.1 Å². The topological polar surface area (TPSA) is 37.3 Å². The Morgan fingerprint density at radius 3 is 2.29 bits per heavy atom. The predicted molar refractivity (Wildman–Crippen MR) is 59.3 cm³/mol. The largest absolute Gasteiger partial charge is 0.390 e. The number of hydrogen-bond acceptors (Lipinski definition) is 2. The van der Waals surface area contributed by atoms with Crippen molar-refractivity contribution in [2.45, 2.75) is 71.3 Å². The molecule has 0 aliphatic rings. The highest BCUT2D eigenvalue weighted by Crippen LogP contribution is 2.19. The fourth-order valence-electron chi connectivity index (χ4n) is 1.53. The number of carbonyl (C=O) groups is 1. The first kappa shape index (κ1) is 13.6. The molecule has 1 atom stereocenters. The van der Waals surface area contributed by atoms with Crippen molar-refractivity contribution >= 4 is 5.78 Å². The van der Waals surface area contributed by atoms with Gasteiger partial charge in [0.15, 0.2) is 0 Å². The summed E-state index contributed by atoms with van der Waals surface area (Å²) in [6.07, 6.45) is 5.74. The monoisotopic (exact) mass is 200 g/mol. The van der Waals surface area contributed by atoms with E-state index in [1.165, 1.54) is 0 Å². The van der Waals surface area contributed by atoms with Gasteiger partial charge in [-0.1, -0.05) is 33.1 Å². The molecule has 84 valence electrons. The molecule has 0 aliphatic carbocycles. The SMILES string of the molecule is CCCCC(=O)CC(C)(O)CCCC. The van der Waals surface area contributed by atoms with Gasteiger partial charge < -0.3 is 5.11 Å². The zero-order valence-corrected chi connectivity index (χ0v) is 9.81. The van der Waals surface area contributed by atoms with Crippen LogP contribution in [0.4, 0.5) is 0 Å². The summed E-state index contributed by atoms with van der Waals surface area (Å²) < 4.78 is 0. The zero-order chi connectivity index (χ0) is 11.0. The van der Waals surface area contributed by atoms with Gasteiger partial charge in [-0.05, 0) is 19.8 Å². The summed E-state index contributed by atoms with van der Waals surface area (Å²) in [7, 11) is 0. The van der Waals surface area contributed by atoms with Gasteiger partial charge in [0.25, 0.3) is 0 Å². The van der Waals surface area contributed by atoms with E-state index in [-0.39, 0.29) is 5.78 Å². The van der Waals surface area contributed by atoms with Gasteiger partial charge in [0.05, 0.1) is 5.60 Å². The maximum absolute atomic E-state index is 11.4. The molecule has 0 heterocycles. The molecule has 0 spiro atoms. The summed E-state index contributed by atoms with van der Waals surface area (Å²) in [4.78, 5) is 11.4. The molecule has 0 saturated carbocycles. The second-order valence-electron chi connectivity index (χ2n) is 4.42. The first-order chi connectivity index (χ1) is 6.52. The predicted octanol–water partition coefficient (Wildman–Crippen LogP) is 3.08. The molecule has 0 radical (unpaired) electrons. The lowest BCUT2D eigenvalue weighted by Gasteiger charge is -2.22. The molecule has 2 heteroatoms. The Labute approximate surface area is 87.7 Å². The van der Waals surface area contributed by atoms with Gasteiger partial charge in [-0.25, -0.2) is 0 Å². The summed E-state index contributed by atoms with van der Waals surface area (Å²) in [6.45, 7) is 5.93. The van der Waals surface area contributed by atoms with E-state index >= 15 is 0 Å². The molecular weight excluding hydrogens is 176 g/mol. The number of hydrogen-bond donors (Lipinski definition) is 1. The Balaban J connectivity index is 3.76. The molecule has 0 saturated heterocycles. The molecule has 0 amide bonds. The quantitative estimate of drug-likeness (QED) is 0.653. The molecule has 0 fully saturated rings. The average molecular weight is 200 g/mol. The highest BCUT2D eigenvalue weighted by atomic mass is 16.3. The van der Waals surface area contributed by atoms with E-state index < -0.39 is 5.60 Å². The summed E-state index contributed by atoms with van der Waals surface area (Å²) in [5, 5.41) is 9.89. The zero-order valence-electron chi connectivity index (χ0n) is 9.81. The van der Waals surface area contributed by atoms with Gasteiger partial charge in [-0.15, -0.1) is 0 Å². The maximum Gasteiger partial charge on any atom is 0.135 e. The van der Waals surface area contributed by atoms with Crippen LogP contribution in [-0.4, -0.2) is 16.5 Å². The van der Waals surface area contributed by atoms with Crippen LogP contribution < -0.4 is 0 Å². The van der Waals surface area contributed by atoms with E-state index in [2.05, 4.69) is 13.8 Å². The van der Waals surface area contributed by atoms with E-state index in [4.69, 9.17) is 0 Å². The van der Waals surface area contributed by atoms with Gasteiger partial charge >= 0.3 is 0 Å². The van der Waals surface area contributed by atoms with E-state index in [1.807, 2.05) is 0 Å². The number of unbranched alkanes of at least 4 members (excludes halogenated alkanes) is 2. The third kappa shape index (κ3) is 7.07. The summed E-state index contributed by atoms with van der Waals surface area (Å²) in [5.74, 6) is 0.202. The normalized spacial score (nSPS) is 15.1. The maximum atomic E-state index is 11.4. The second-order valence-corrected chi connectivity index (χ2v) is 4.42. The third-order valence-electron chi connectivity index (χ3n) is 2.46. The Kier molecular flexibility index (Phi) is 6.81. The first-order valence-corrected chi connectivity index (χ1v) is 5.76. The molecule has 14 heavy (non-hydrogen) atoms. The van der Waals surface area contributed by atoms with Crippen LogP contribution in [0.3, 0.4) is 0 Å². The second kappa shape index (κ2) is 6.99. The Morgan fingerprint density at radius 2 is 1.79 bits per heavy atom.